The largest absolute Gasteiger partial charge is 0.416 e. The molecule has 1 aliphatic heterocycles. The maximum atomic E-state index is 12.6. The molecular formula is C16H20F3N3O2S2. The van der Waals surface area contributed by atoms with Crippen molar-refractivity contribution in [2.45, 2.75) is 18.0 Å². The van der Waals surface area contributed by atoms with Gasteiger partial charge in [-0.05, 0) is 43.4 Å². The van der Waals surface area contributed by atoms with Crippen LogP contribution in [-0.4, -0.2) is 55.5 Å². The molecule has 0 radical (unpaired) electrons. The fourth-order valence-corrected chi connectivity index (χ4v) is 4.11. The van der Waals surface area contributed by atoms with Gasteiger partial charge in [0.05, 0.1) is 10.5 Å². The summed E-state index contributed by atoms with van der Waals surface area (Å²) in [4.78, 5) is 1.71. The lowest BCUT2D eigenvalue weighted by Crippen LogP contribution is -2.53. The average Bonchev–Trinajstić information content (AvgIpc) is 2.59. The van der Waals surface area contributed by atoms with Crippen LogP contribution in [0.5, 0.6) is 0 Å². The number of hydrogen-bond acceptors (Lipinski definition) is 3. The maximum absolute atomic E-state index is 12.6. The van der Waals surface area contributed by atoms with Crippen molar-refractivity contribution >= 4 is 27.4 Å². The van der Waals surface area contributed by atoms with Crippen LogP contribution in [0.25, 0.3) is 0 Å². The molecule has 0 aromatic heterocycles. The molecule has 1 fully saturated rings. The summed E-state index contributed by atoms with van der Waals surface area (Å²) in [6.45, 7) is 7.41. The molecule has 1 aliphatic rings. The van der Waals surface area contributed by atoms with Crippen LogP contribution in [0.3, 0.4) is 0 Å². The molecule has 1 aromatic carbocycles. The first kappa shape index (κ1) is 20.7. The van der Waals surface area contributed by atoms with Crippen molar-refractivity contribution in [3.05, 3.63) is 42.0 Å². The van der Waals surface area contributed by atoms with Crippen LogP contribution in [0.4, 0.5) is 13.2 Å². The first-order valence-corrected chi connectivity index (χ1v) is 9.71. The van der Waals surface area contributed by atoms with Crippen molar-refractivity contribution in [2.75, 3.05) is 32.7 Å². The quantitative estimate of drug-likeness (QED) is 0.614. The van der Waals surface area contributed by atoms with Gasteiger partial charge < -0.3 is 10.2 Å². The first-order valence-electron chi connectivity index (χ1n) is 7.86. The second-order valence-electron chi connectivity index (χ2n) is 6.03. The van der Waals surface area contributed by atoms with Crippen LogP contribution in [0, 0.1) is 0 Å². The van der Waals surface area contributed by atoms with Crippen molar-refractivity contribution in [1.29, 1.82) is 0 Å². The van der Waals surface area contributed by atoms with Gasteiger partial charge in [0.2, 0.25) is 10.0 Å². The van der Waals surface area contributed by atoms with E-state index >= 15 is 0 Å². The van der Waals surface area contributed by atoms with Gasteiger partial charge in [-0.25, -0.2) is 8.42 Å². The summed E-state index contributed by atoms with van der Waals surface area (Å²) in [6, 6.07) is 3.53. The van der Waals surface area contributed by atoms with Gasteiger partial charge in [0, 0.05) is 32.7 Å². The van der Waals surface area contributed by atoms with Gasteiger partial charge in [-0.3, -0.25) is 0 Å². The van der Waals surface area contributed by atoms with Gasteiger partial charge in [0.1, 0.15) is 0 Å². The summed E-state index contributed by atoms with van der Waals surface area (Å²) in [6.07, 6.45) is -4.50. The molecule has 1 saturated heterocycles. The zero-order valence-electron chi connectivity index (χ0n) is 14.2. The van der Waals surface area contributed by atoms with Crippen molar-refractivity contribution < 1.29 is 21.6 Å². The molecule has 0 aliphatic carbocycles. The monoisotopic (exact) mass is 407 g/mol. The van der Waals surface area contributed by atoms with Gasteiger partial charge >= 0.3 is 6.18 Å². The zero-order valence-corrected chi connectivity index (χ0v) is 15.8. The van der Waals surface area contributed by atoms with E-state index in [1.165, 1.54) is 4.31 Å². The number of hydrogen-bond donors (Lipinski definition) is 1. The summed E-state index contributed by atoms with van der Waals surface area (Å²) in [7, 11) is -3.84. The number of nitrogens with one attached hydrogen (secondary N) is 1. The molecule has 10 heteroatoms. The van der Waals surface area contributed by atoms with E-state index in [4.69, 9.17) is 12.2 Å². The molecule has 2 rings (SSSR count). The van der Waals surface area contributed by atoms with E-state index in [9.17, 15) is 21.6 Å². The number of sulfonamides is 1. The van der Waals surface area contributed by atoms with E-state index in [-0.39, 0.29) is 18.0 Å². The second-order valence-corrected chi connectivity index (χ2v) is 8.35. The molecule has 1 aromatic rings. The minimum atomic E-state index is -4.50. The Morgan fingerprint density at radius 3 is 2.19 bits per heavy atom. The molecule has 0 bridgehead atoms. The van der Waals surface area contributed by atoms with E-state index in [1.54, 1.807) is 0 Å². The highest BCUT2D eigenvalue weighted by Gasteiger charge is 2.32. The summed E-state index contributed by atoms with van der Waals surface area (Å²) in [5.41, 5.74) is 0.0473. The third-order valence-corrected chi connectivity index (χ3v) is 6.20. The molecule has 5 nitrogen and oxygen atoms in total. The lowest BCUT2D eigenvalue weighted by molar-refractivity contribution is -0.137. The van der Waals surface area contributed by atoms with Gasteiger partial charge in [-0.15, -0.1) is 0 Å². The SMILES string of the molecule is C=C(C)CNC(=S)N1CCN(S(=O)(=O)c2ccc(C(F)(F)F)cc2)CC1. The van der Waals surface area contributed by atoms with Crippen LogP contribution in [-0.2, 0) is 16.2 Å². The number of benzene rings is 1. The Hall–Kier alpha value is -1.65. The Kier molecular flexibility index (Phi) is 6.30. The number of halogens is 3. The van der Waals surface area contributed by atoms with Crippen LogP contribution >= 0.6 is 12.2 Å². The second kappa shape index (κ2) is 7.93. The Balaban J connectivity index is 2.01. The highest BCUT2D eigenvalue weighted by Crippen LogP contribution is 2.30. The molecule has 0 saturated carbocycles. The lowest BCUT2D eigenvalue weighted by Gasteiger charge is -2.35. The third kappa shape index (κ3) is 4.95. The molecule has 1 heterocycles. The molecule has 144 valence electrons. The van der Waals surface area contributed by atoms with Crippen LogP contribution < -0.4 is 5.32 Å². The molecule has 26 heavy (non-hydrogen) atoms. The summed E-state index contributed by atoms with van der Waals surface area (Å²) in [5.74, 6) is 0. The Morgan fingerprint density at radius 2 is 1.73 bits per heavy atom. The number of rotatable bonds is 4. The molecule has 0 amide bonds. The summed E-state index contributed by atoms with van der Waals surface area (Å²) >= 11 is 5.27. The topological polar surface area (TPSA) is 52.6 Å². The average molecular weight is 407 g/mol. The van der Waals surface area contributed by atoms with E-state index in [2.05, 4.69) is 11.9 Å². The van der Waals surface area contributed by atoms with Crippen LogP contribution in [0.1, 0.15) is 12.5 Å². The van der Waals surface area contributed by atoms with Crippen molar-refractivity contribution in [1.82, 2.24) is 14.5 Å². The lowest BCUT2D eigenvalue weighted by atomic mass is 10.2. The number of nitrogens with zero attached hydrogens (tertiary/aromatic N) is 2. The standard InChI is InChI=1S/C16H20F3N3O2S2/c1-12(2)11-20-15(25)21-7-9-22(10-8-21)26(23,24)14-5-3-13(4-6-14)16(17,18)19/h3-6H,1,7-11H2,2H3,(H,20,25). The van der Waals surface area contributed by atoms with Crippen molar-refractivity contribution in [2.24, 2.45) is 0 Å². The van der Waals surface area contributed by atoms with Crippen LogP contribution in [0.15, 0.2) is 41.3 Å². The highest BCUT2D eigenvalue weighted by molar-refractivity contribution is 7.89. The highest BCUT2D eigenvalue weighted by atomic mass is 32.2. The molecule has 0 unspecified atom stereocenters. The first-order chi connectivity index (χ1) is 12.0. The Morgan fingerprint density at radius 1 is 1.19 bits per heavy atom. The Labute approximate surface area is 156 Å². The smallest absolute Gasteiger partial charge is 0.359 e. The predicted molar refractivity (Wildman–Crippen MR) is 97.2 cm³/mol. The summed E-state index contributed by atoms with van der Waals surface area (Å²) < 4.78 is 64.3. The van der Waals surface area contributed by atoms with E-state index in [0.29, 0.717) is 24.7 Å². The predicted octanol–water partition coefficient (Wildman–Crippen LogP) is 2.46. The van der Waals surface area contributed by atoms with E-state index < -0.39 is 21.8 Å². The molecule has 1 N–H and O–H groups in total. The van der Waals surface area contributed by atoms with Crippen LogP contribution in [0.2, 0.25) is 0 Å². The van der Waals surface area contributed by atoms with Crippen molar-refractivity contribution in [3.8, 4) is 0 Å². The van der Waals surface area contributed by atoms with Gasteiger partial charge in [-0.1, -0.05) is 12.2 Å². The zero-order chi connectivity index (χ0) is 19.5. The molecular weight excluding hydrogens is 387 g/mol. The number of thiocarbonyl (C=S) groups is 1. The number of alkyl halides is 3. The third-order valence-electron chi connectivity index (χ3n) is 3.89. The van der Waals surface area contributed by atoms with Gasteiger partial charge in [0.25, 0.3) is 0 Å². The fraction of sp³-hybridized carbons (Fsp3) is 0.438. The minimum Gasteiger partial charge on any atom is -0.359 e. The minimum absolute atomic E-state index is 0.151. The molecule has 0 atom stereocenters. The van der Waals surface area contributed by atoms with Gasteiger partial charge in [-0.2, -0.15) is 17.5 Å². The number of piperazine rings is 1. The summed E-state index contributed by atoms with van der Waals surface area (Å²) in [5, 5.41) is 3.57. The van der Waals surface area contributed by atoms with E-state index in [0.717, 1.165) is 29.8 Å². The maximum Gasteiger partial charge on any atom is 0.416 e. The fourth-order valence-electron chi connectivity index (χ4n) is 2.43. The molecule has 0 spiro atoms. The Bertz CT molecular complexity index is 769. The van der Waals surface area contributed by atoms with E-state index in [1.807, 2.05) is 11.8 Å². The van der Waals surface area contributed by atoms with Gasteiger partial charge in [0.15, 0.2) is 5.11 Å². The normalized spacial score (nSPS) is 16.4. The van der Waals surface area contributed by atoms with Crippen molar-refractivity contribution in [3.63, 3.8) is 0 Å².